The van der Waals surface area contributed by atoms with Crippen LogP contribution in [0.3, 0.4) is 0 Å². The van der Waals surface area contributed by atoms with E-state index in [1.807, 2.05) is 0 Å². The topological polar surface area (TPSA) is 138 Å². The highest BCUT2D eigenvalue weighted by Gasteiger charge is 2.31. The molecule has 38 heavy (non-hydrogen) atoms. The van der Waals surface area contributed by atoms with E-state index in [1.165, 1.54) is 25.3 Å². The summed E-state index contributed by atoms with van der Waals surface area (Å²) in [7, 11) is 1.36. The van der Waals surface area contributed by atoms with Crippen molar-refractivity contribution in [3.8, 4) is 17.2 Å². The molecule has 2 atom stereocenters. The third kappa shape index (κ3) is 11.3. The van der Waals surface area contributed by atoms with Gasteiger partial charge in [-0.1, -0.05) is 27.7 Å². The number of rotatable bonds is 9. The van der Waals surface area contributed by atoms with Crippen LogP contribution in [0.25, 0.3) is 0 Å². The maximum atomic E-state index is 12.9. The molecule has 0 fully saturated rings. The fraction of sp³-hybridized carbons (Fsp3) is 0.630. The van der Waals surface area contributed by atoms with Crippen LogP contribution < -0.4 is 24.8 Å². The van der Waals surface area contributed by atoms with Gasteiger partial charge in [-0.15, -0.1) is 0 Å². The highest BCUT2D eigenvalue weighted by Crippen LogP contribution is 2.32. The van der Waals surface area contributed by atoms with Crippen LogP contribution in [0, 0.1) is 11.8 Å². The van der Waals surface area contributed by atoms with Crippen molar-refractivity contribution in [3.05, 3.63) is 18.2 Å². The second kappa shape index (κ2) is 13.3. The van der Waals surface area contributed by atoms with Gasteiger partial charge >= 0.3 is 24.1 Å². The van der Waals surface area contributed by atoms with Gasteiger partial charge in [0.05, 0.1) is 7.11 Å². The number of methoxy groups -OCH3 is 1. The van der Waals surface area contributed by atoms with E-state index in [2.05, 4.69) is 10.6 Å². The molecule has 0 radical (unpaired) electrons. The number of nitrogens with one attached hydrogen (secondary N) is 2. The minimum Gasteiger partial charge on any atom is -0.493 e. The molecule has 2 unspecified atom stereocenters. The van der Waals surface area contributed by atoms with E-state index in [4.69, 9.17) is 23.7 Å². The quantitative estimate of drug-likeness (QED) is 0.341. The standard InChI is InChI=1S/C27H42N2O9/c1-15(2)20(28-24(32)37-26(5,6)7)22(30)35-17-12-13-18(19(14-17)34-11)36-23(31)21(16(3)4)29-25(33)38-27(8,9)10/h12-16,20-21H,1-11H3,(H,28,32)(H,29,33). The molecule has 0 bridgehead atoms. The van der Waals surface area contributed by atoms with Crippen molar-refractivity contribution < 1.29 is 42.9 Å². The molecule has 0 saturated heterocycles. The van der Waals surface area contributed by atoms with Gasteiger partial charge in [0.15, 0.2) is 11.5 Å². The number of carbonyl (C=O) groups is 4. The largest absolute Gasteiger partial charge is 0.493 e. The van der Waals surface area contributed by atoms with E-state index in [0.717, 1.165) is 0 Å². The zero-order valence-electron chi connectivity index (χ0n) is 24.2. The van der Waals surface area contributed by atoms with Gasteiger partial charge in [0.2, 0.25) is 0 Å². The van der Waals surface area contributed by atoms with Crippen molar-refractivity contribution in [2.24, 2.45) is 11.8 Å². The smallest absolute Gasteiger partial charge is 0.408 e. The molecule has 11 nitrogen and oxygen atoms in total. The van der Waals surface area contributed by atoms with Crippen LogP contribution in [0.2, 0.25) is 0 Å². The Morgan fingerprint density at radius 2 is 1.11 bits per heavy atom. The number of hydrogen-bond acceptors (Lipinski definition) is 9. The Kier molecular flexibility index (Phi) is 11.4. The number of hydrogen-bond donors (Lipinski definition) is 2. The van der Waals surface area contributed by atoms with Crippen LogP contribution in [-0.4, -0.2) is 54.5 Å². The second-order valence-corrected chi connectivity index (χ2v) is 11.4. The highest BCUT2D eigenvalue weighted by molar-refractivity contribution is 5.85. The lowest BCUT2D eigenvalue weighted by Crippen LogP contribution is -2.48. The average molecular weight is 539 g/mol. The lowest BCUT2D eigenvalue weighted by molar-refractivity contribution is -0.139. The molecule has 0 aliphatic heterocycles. The molecule has 0 aliphatic rings. The molecule has 11 heteroatoms. The molecule has 1 aromatic rings. The number of ether oxygens (including phenoxy) is 5. The number of amides is 2. The molecule has 0 aromatic heterocycles. The molecular formula is C27H42N2O9. The zero-order valence-corrected chi connectivity index (χ0v) is 24.2. The summed E-state index contributed by atoms with van der Waals surface area (Å²) in [5.41, 5.74) is -1.46. The Hall–Kier alpha value is -3.50. The van der Waals surface area contributed by atoms with E-state index in [0.29, 0.717) is 0 Å². The van der Waals surface area contributed by atoms with E-state index in [1.54, 1.807) is 69.2 Å². The maximum Gasteiger partial charge on any atom is 0.408 e. The van der Waals surface area contributed by atoms with Crippen LogP contribution in [0.5, 0.6) is 17.2 Å². The molecule has 214 valence electrons. The Bertz CT molecular complexity index is 991. The fourth-order valence-corrected chi connectivity index (χ4v) is 3.01. The van der Waals surface area contributed by atoms with Crippen LogP contribution >= 0.6 is 0 Å². The minimum atomic E-state index is -0.988. The van der Waals surface area contributed by atoms with Gasteiger partial charge in [0.25, 0.3) is 0 Å². The Labute approximate surface area is 224 Å². The van der Waals surface area contributed by atoms with Crippen molar-refractivity contribution in [1.82, 2.24) is 10.6 Å². The van der Waals surface area contributed by atoms with Crippen molar-refractivity contribution in [2.45, 2.75) is 92.5 Å². The van der Waals surface area contributed by atoms with E-state index < -0.39 is 47.4 Å². The molecular weight excluding hydrogens is 496 g/mol. The first kappa shape index (κ1) is 32.5. The second-order valence-electron chi connectivity index (χ2n) is 11.4. The monoisotopic (exact) mass is 538 g/mol. The van der Waals surface area contributed by atoms with Crippen molar-refractivity contribution in [3.63, 3.8) is 0 Å². The van der Waals surface area contributed by atoms with Gasteiger partial charge < -0.3 is 34.3 Å². The summed E-state index contributed by atoms with van der Waals surface area (Å²) >= 11 is 0. The molecule has 0 spiro atoms. The first-order valence-corrected chi connectivity index (χ1v) is 12.4. The number of carbonyl (C=O) groups excluding carboxylic acids is 4. The first-order valence-electron chi connectivity index (χ1n) is 12.4. The summed E-state index contributed by atoms with van der Waals surface area (Å²) in [6.45, 7) is 17.3. The predicted octanol–water partition coefficient (Wildman–Crippen LogP) is 4.60. The molecule has 2 N–H and O–H groups in total. The van der Waals surface area contributed by atoms with Crippen LogP contribution in [-0.2, 0) is 19.1 Å². The first-order chi connectivity index (χ1) is 17.3. The highest BCUT2D eigenvalue weighted by atomic mass is 16.6. The van der Waals surface area contributed by atoms with Gasteiger partial charge in [0, 0.05) is 6.07 Å². The third-order valence-electron chi connectivity index (χ3n) is 4.75. The number of esters is 2. The lowest BCUT2D eigenvalue weighted by Gasteiger charge is -2.25. The van der Waals surface area contributed by atoms with Crippen LogP contribution in [0.1, 0.15) is 69.2 Å². The van der Waals surface area contributed by atoms with Gasteiger partial charge in [-0.2, -0.15) is 0 Å². The Morgan fingerprint density at radius 1 is 0.684 bits per heavy atom. The van der Waals surface area contributed by atoms with Crippen molar-refractivity contribution in [1.29, 1.82) is 0 Å². The van der Waals surface area contributed by atoms with Gasteiger partial charge in [-0.3, -0.25) is 0 Å². The number of benzene rings is 1. The summed E-state index contributed by atoms with van der Waals surface area (Å²) < 4.78 is 26.7. The van der Waals surface area contributed by atoms with Gasteiger partial charge in [0.1, 0.15) is 29.0 Å². The lowest BCUT2D eigenvalue weighted by atomic mass is 10.0. The van der Waals surface area contributed by atoms with Gasteiger partial charge in [-0.05, 0) is 65.5 Å². The average Bonchev–Trinajstić information content (AvgIpc) is 2.73. The van der Waals surface area contributed by atoms with E-state index >= 15 is 0 Å². The van der Waals surface area contributed by atoms with E-state index in [-0.39, 0.29) is 29.1 Å². The summed E-state index contributed by atoms with van der Waals surface area (Å²) in [5.74, 6) is -1.75. The predicted molar refractivity (Wildman–Crippen MR) is 140 cm³/mol. The van der Waals surface area contributed by atoms with Crippen LogP contribution in [0.15, 0.2) is 18.2 Å². The molecule has 2 amide bonds. The van der Waals surface area contributed by atoms with Crippen molar-refractivity contribution in [2.75, 3.05) is 7.11 Å². The summed E-state index contributed by atoms with van der Waals surface area (Å²) in [4.78, 5) is 50.0. The van der Waals surface area contributed by atoms with Gasteiger partial charge in [-0.25, -0.2) is 19.2 Å². The zero-order chi connectivity index (χ0) is 29.4. The molecule has 1 rings (SSSR count). The summed E-state index contributed by atoms with van der Waals surface area (Å²) in [6.07, 6.45) is -1.49. The molecule has 0 heterocycles. The minimum absolute atomic E-state index is 0.0567. The molecule has 0 aliphatic carbocycles. The summed E-state index contributed by atoms with van der Waals surface area (Å²) in [6, 6.07) is 2.23. The van der Waals surface area contributed by atoms with Crippen LogP contribution in [0.4, 0.5) is 9.59 Å². The number of alkyl carbamates (subject to hydrolysis) is 2. The normalized spacial score (nSPS) is 13.3. The third-order valence-corrected chi connectivity index (χ3v) is 4.75. The Balaban J connectivity index is 3.00. The molecule has 0 saturated carbocycles. The SMILES string of the molecule is COc1cc(OC(=O)C(NC(=O)OC(C)(C)C)C(C)C)ccc1OC(=O)C(NC(=O)OC(C)(C)C)C(C)C. The Morgan fingerprint density at radius 3 is 1.47 bits per heavy atom. The van der Waals surface area contributed by atoms with Crippen molar-refractivity contribution >= 4 is 24.1 Å². The molecule has 1 aromatic carbocycles. The maximum absolute atomic E-state index is 12.9. The fourth-order valence-electron chi connectivity index (χ4n) is 3.01. The summed E-state index contributed by atoms with van der Waals surface area (Å²) in [5, 5.41) is 5.06. The van der Waals surface area contributed by atoms with E-state index in [9.17, 15) is 19.2 Å².